The van der Waals surface area contributed by atoms with E-state index >= 15 is 0 Å². The highest BCUT2D eigenvalue weighted by Crippen LogP contribution is 2.43. The number of likely N-dealkylation sites (N-methyl/N-ethyl adjacent to an activating group) is 1. The molecule has 0 aromatic heterocycles. The minimum atomic E-state index is -3.45. The molecule has 0 spiro atoms. The second-order valence-corrected chi connectivity index (χ2v) is 8.14. The fraction of sp³-hybridized carbons (Fsp3) is 0.562. The van der Waals surface area contributed by atoms with Gasteiger partial charge in [-0.1, -0.05) is 12.1 Å². The number of nitrogen functional groups attached to an aromatic ring is 1. The molecule has 1 heterocycles. The van der Waals surface area contributed by atoms with Gasteiger partial charge in [0.1, 0.15) is 0 Å². The van der Waals surface area contributed by atoms with Gasteiger partial charge in [0.15, 0.2) is 5.78 Å². The van der Waals surface area contributed by atoms with E-state index in [1.807, 2.05) is 19.2 Å². The molecule has 7 heteroatoms. The summed E-state index contributed by atoms with van der Waals surface area (Å²) >= 11 is 0. The lowest BCUT2D eigenvalue weighted by Crippen LogP contribution is -2.52. The first-order valence-electron chi connectivity index (χ1n) is 7.76. The number of nitrogens with zero attached hydrogens (tertiary/aromatic N) is 1. The molecule has 2 aliphatic rings. The molecule has 2 N–H and O–H groups in total. The normalized spacial score (nSPS) is 28.3. The number of ketones is 1. The van der Waals surface area contributed by atoms with Crippen LogP contribution in [0.2, 0.25) is 0 Å². The molecule has 1 fully saturated rings. The van der Waals surface area contributed by atoms with Crippen molar-refractivity contribution in [1.29, 1.82) is 0 Å². The highest BCUT2D eigenvalue weighted by Gasteiger charge is 2.42. The zero-order valence-electron chi connectivity index (χ0n) is 13.4. The number of benzene rings is 1. The average molecular weight is 338 g/mol. The molecule has 6 nitrogen and oxygen atoms in total. The van der Waals surface area contributed by atoms with Gasteiger partial charge in [0.05, 0.1) is 12.9 Å². The number of fused-ring (bicyclic) bond motifs is 3. The van der Waals surface area contributed by atoms with E-state index in [1.165, 1.54) is 0 Å². The van der Waals surface area contributed by atoms with Gasteiger partial charge < -0.3 is 5.73 Å². The lowest BCUT2D eigenvalue weighted by atomic mass is 9.72. The molecule has 23 heavy (non-hydrogen) atoms. The van der Waals surface area contributed by atoms with Crippen LogP contribution in [0, 0.1) is 0 Å². The smallest absolute Gasteiger partial charge is 0.264 e. The summed E-state index contributed by atoms with van der Waals surface area (Å²) in [5, 5.41) is 0. The molecule has 0 amide bonds. The summed E-state index contributed by atoms with van der Waals surface area (Å²) in [6.45, 7) is 0.135. The maximum atomic E-state index is 12.5. The van der Waals surface area contributed by atoms with E-state index in [0.29, 0.717) is 17.7 Å². The number of anilines is 1. The highest BCUT2D eigenvalue weighted by atomic mass is 32.2. The van der Waals surface area contributed by atoms with Gasteiger partial charge in [0, 0.05) is 35.7 Å². The van der Waals surface area contributed by atoms with Crippen LogP contribution in [-0.2, 0) is 14.3 Å². The van der Waals surface area contributed by atoms with Crippen molar-refractivity contribution in [3.05, 3.63) is 29.3 Å². The van der Waals surface area contributed by atoms with Crippen LogP contribution in [0.1, 0.15) is 41.1 Å². The minimum Gasteiger partial charge on any atom is -0.398 e. The number of hydrogen-bond acceptors (Lipinski definition) is 6. The van der Waals surface area contributed by atoms with E-state index in [0.717, 1.165) is 24.7 Å². The van der Waals surface area contributed by atoms with Crippen molar-refractivity contribution in [2.45, 2.75) is 37.3 Å². The molecule has 0 radical (unpaired) electrons. The zero-order valence-corrected chi connectivity index (χ0v) is 14.2. The fourth-order valence-electron chi connectivity index (χ4n) is 3.89. The first-order chi connectivity index (χ1) is 10.8. The summed E-state index contributed by atoms with van der Waals surface area (Å²) in [5.74, 6) is 0.321. The number of Topliss-reactive ketones (excluding diaryl/α,β-unsaturated/α-hetero) is 1. The molecule has 1 aliphatic carbocycles. The molecule has 3 atom stereocenters. The van der Waals surface area contributed by atoms with Gasteiger partial charge in [-0.25, -0.2) is 0 Å². The Labute approximate surface area is 136 Å². The van der Waals surface area contributed by atoms with Crippen molar-refractivity contribution in [3.63, 3.8) is 0 Å². The van der Waals surface area contributed by atoms with Crippen LogP contribution in [0.3, 0.4) is 0 Å². The van der Waals surface area contributed by atoms with Crippen LogP contribution in [0.25, 0.3) is 0 Å². The van der Waals surface area contributed by atoms with E-state index in [-0.39, 0.29) is 30.4 Å². The van der Waals surface area contributed by atoms with Gasteiger partial charge in [-0.15, -0.1) is 0 Å². The van der Waals surface area contributed by atoms with Crippen molar-refractivity contribution >= 4 is 21.6 Å². The average Bonchev–Trinajstić information content (AvgIpc) is 2.46. The number of carbonyl (C=O) groups is 1. The Morgan fingerprint density at radius 3 is 2.78 bits per heavy atom. The number of hydrogen-bond donors (Lipinski definition) is 1. The predicted molar refractivity (Wildman–Crippen MR) is 87.9 cm³/mol. The van der Waals surface area contributed by atoms with E-state index in [1.54, 1.807) is 6.07 Å². The molecule has 126 valence electrons. The second kappa shape index (κ2) is 5.89. The quantitative estimate of drug-likeness (QED) is 0.661. The summed E-state index contributed by atoms with van der Waals surface area (Å²) in [5.41, 5.74) is 8.24. The Balaban J connectivity index is 1.84. The van der Waals surface area contributed by atoms with Gasteiger partial charge in [-0.2, -0.15) is 8.42 Å². The van der Waals surface area contributed by atoms with Crippen molar-refractivity contribution in [1.82, 2.24) is 4.90 Å². The Morgan fingerprint density at radius 2 is 2.09 bits per heavy atom. The third kappa shape index (κ3) is 3.13. The number of likely N-dealkylation sites (tertiary alicyclic amines) is 1. The van der Waals surface area contributed by atoms with Gasteiger partial charge in [-0.3, -0.25) is 13.9 Å². The molecular formula is C16H22N2O4S. The largest absolute Gasteiger partial charge is 0.398 e. The van der Waals surface area contributed by atoms with Crippen molar-refractivity contribution in [2.24, 2.45) is 0 Å². The maximum absolute atomic E-state index is 12.5. The van der Waals surface area contributed by atoms with Gasteiger partial charge in [-0.05, 0) is 31.5 Å². The van der Waals surface area contributed by atoms with Crippen LogP contribution >= 0.6 is 0 Å². The van der Waals surface area contributed by atoms with E-state index in [2.05, 4.69) is 4.90 Å². The Hall–Kier alpha value is -1.44. The predicted octanol–water partition coefficient (Wildman–Crippen LogP) is 1.38. The second-order valence-electron chi connectivity index (χ2n) is 6.50. The Bertz CT molecular complexity index is 732. The first-order valence-corrected chi connectivity index (χ1v) is 9.57. The molecule has 1 aromatic rings. The van der Waals surface area contributed by atoms with E-state index < -0.39 is 10.1 Å². The van der Waals surface area contributed by atoms with Gasteiger partial charge >= 0.3 is 0 Å². The summed E-state index contributed by atoms with van der Waals surface area (Å²) in [7, 11) is -1.51. The number of rotatable bonds is 3. The van der Waals surface area contributed by atoms with E-state index in [9.17, 15) is 13.2 Å². The third-order valence-electron chi connectivity index (χ3n) is 5.05. The molecule has 1 aromatic carbocycles. The summed E-state index contributed by atoms with van der Waals surface area (Å²) in [6, 6.07) is 5.72. The molecule has 1 aliphatic heterocycles. The summed E-state index contributed by atoms with van der Waals surface area (Å²) < 4.78 is 27.4. The molecule has 0 bridgehead atoms. The fourth-order valence-corrected chi connectivity index (χ4v) is 4.29. The highest BCUT2D eigenvalue weighted by molar-refractivity contribution is 7.85. The summed E-state index contributed by atoms with van der Waals surface area (Å²) in [4.78, 5) is 14.6. The van der Waals surface area contributed by atoms with Crippen molar-refractivity contribution in [2.75, 3.05) is 25.6 Å². The molecule has 3 rings (SSSR count). The van der Waals surface area contributed by atoms with Crippen LogP contribution in [-0.4, -0.2) is 51.1 Å². The van der Waals surface area contributed by atoms with Crippen molar-refractivity contribution in [3.8, 4) is 0 Å². The molecular weight excluding hydrogens is 316 g/mol. The first kappa shape index (κ1) is 16.4. The lowest BCUT2D eigenvalue weighted by Gasteiger charge is -2.46. The minimum absolute atomic E-state index is 0.00128. The number of piperidine rings is 1. The zero-order chi connectivity index (χ0) is 16.8. The van der Waals surface area contributed by atoms with Crippen molar-refractivity contribution < 1.29 is 17.4 Å². The van der Waals surface area contributed by atoms with Crippen LogP contribution < -0.4 is 5.73 Å². The van der Waals surface area contributed by atoms with Gasteiger partial charge in [0.25, 0.3) is 10.1 Å². The number of nitrogens with two attached hydrogens (primary N) is 1. The topological polar surface area (TPSA) is 89.7 Å². The lowest BCUT2D eigenvalue weighted by molar-refractivity contribution is 0.0498. The SMILES string of the molecule is CN1C(COS(C)(=O)=O)CCC2c3cccc(N)c3C(=O)CC21. The maximum Gasteiger partial charge on any atom is 0.264 e. The molecule has 0 saturated carbocycles. The third-order valence-corrected chi connectivity index (χ3v) is 5.61. The van der Waals surface area contributed by atoms with Gasteiger partial charge in [0.2, 0.25) is 0 Å². The molecule has 3 unspecified atom stereocenters. The monoisotopic (exact) mass is 338 g/mol. The standard InChI is InChI=1S/C16H22N2O4S/c1-18-10(9-22-23(2,20)21)6-7-11-12-4-3-5-13(17)16(12)15(19)8-14(11)18/h3-5,10-11,14H,6-9,17H2,1-2H3. The Morgan fingerprint density at radius 1 is 1.35 bits per heavy atom. The molecule has 1 saturated heterocycles. The Kier molecular flexibility index (Phi) is 4.20. The number of carbonyl (C=O) groups excluding carboxylic acids is 1. The summed E-state index contributed by atoms with van der Waals surface area (Å²) in [6.07, 6.45) is 3.20. The van der Waals surface area contributed by atoms with E-state index in [4.69, 9.17) is 9.92 Å². The van der Waals surface area contributed by atoms with Crippen LogP contribution in [0.5, 0.6) is 0 Å². The van der Waals surface area contributed by atoms with Crippen LogP contribution in [0.15, 0.2) is 18.2 Å². The van der Waals surface area contributed by atoms with Crippen LogP contribution in [0.4, 0.5) is 5.69 Å².